The number of hydrogen-bond donors (Lipinski definition) is 1. The second-order valence-corrected chi connectivity index (χ2v) is 2.43. The van der Waals surface area contributed by atoms with Crippen LogP contribution >= 0.6 is 0 Å². The highest BCUT2D eigenvalue weighted by Gasteiger charge is 2.07. The summed E-state index contributed by atoms with van der Waals surface area (Å²) in [6.45, 7) is 3.85. The molecular weight excluding hydrogens is 127 g/mol. The smallest absolute Gasteiger partial charge is 0.308 e. The molecule has 0 radical (unpaired) electrons. The van der Waals surface area contributed by atoms with Crippen LogP contribution in [0.15, 0.2) is 0 Å². The topological polar surface area (TPSA) is 38.0 Å². The Balaban J connectivity index is 3.20. The molecule has 0 spiro atoms. The van der Waals surface area contributed by atoms with Crippen molar-refractivity contribution in [3.63, 3.8) is 0 Å². The number of hydrogen-bond acceptors (Lipinski definition) is 2. The van der Waals surface area contributed by atoms with Gasteiger partial charge >= 0.3 is 7.48 Å². The van der Waals surface area contributed by atoms with E-state index in [9.17, 15) is 0 Å². The van der Waals surface area contributed by atoms with Crippen molar-refractivity contribution in [1.82, 2.24) is 9.78 Å². The Morgan fingerprint density at radius 2 is 2.10 bits per heavy atom. The Bertz CT molecular complexity index is 244. The molecule has 0 aliphatic rings. The van der Waals surface area contributed by atoms with Crippen molar-refractivity contribution in [3.8, 4) is 0 Å². The standard InChI is InChI=1S/C6H11BN2O/c1-4-6(7-10)5(2)9(3)8-4/h7,10H,1-3H3. The van der Waals surface area contributed by atoms with Gasteiger partial charge in [-0.2, -0.15) is 5.10 Å². The predicted molar refractivity (Wildman–Crippen MR) is 41.7 cm³/mol. The molecule has 1 aromatic heterocycles. The Hall–Kier alpha value is -0.765. The van der Waals surface area contributed by atoms with Gasteiger partial charge in [-0.05, 0) is 19.3 Å². The summed E-state index contributed by atoms with van der Waals surface area (Å²) >= 11 is 0. The fraction of sp³-hybridized carbons (Fsp3) is 0.500. The van der Waals surface area contributed by atoms with Gasteiger partial charge in [0.15, 0.2) is 0 Å². The van der Waals surface area contributed by atoms with Crippen molar-refractivity contribution in [1.29, 1.82) is 0 Å². The van der Waals surface area contributed by atoms with E-state index in [0.29, 0.717) is 0 Å². The number of aryl methyl sites for hydroxylation is 2. The van der Waals surface area contributed by atoms with Crippen molar-refractivity contribution < 1.29 is 5.02 Å². The summed E-state index contributed by atoms with van der Waals surface area (Å²) in [5, 5.41) is 13.0. The quantitative estimate of drug-likeness (QED) is 0.505. The van der Waals surface area contributed by atoms with E-state index < -0.39 is 0 Å². The first-order chi connectivity index (χ1) is 4.66. The molecule has 10 heavy (non-hydrogen) atoms. The first-order valence-corrected chi connectivity index (χ1v) is 3.26. The summed E-state index contributed by atoms with van der Waals surface area (Å²) in [6.07, 6.45) is 0. The van der Waals surface area contributed by atoms with Crippen molar-refractivity contribution in [2.24, 2.45) is 7.05 Å². The lowest BCUT2D eigenvalue weighted by molar-refractivity contribution is 0.615. The average molecular weight is 138 g/mol. The highest BCUT2D eigenvalue weighted by Crippen LogP contribution is 1.94. The molecule has 0 fully saturated rings. The van der Waals surface area contributed by atoms with Crippen LogP contribution in [0.2, 0.25) is 0 Å². The van der Waals surface area contributed by atoms with Crippen molar-refractivity contribution in [2.75, 3.05) is 0 Å². The fourth-order valence-corrected chi connectivity index (χ4v) is 1.05. The van der Waals surface area contributed by atoms with E-state index >= 15 is 0 Å². The van der Waals surface area contributed by atoms with Gasteiger partial charge in [0.25, 0.3) is 0 Å². The molecule has 1 aromatic rings. The van der Waals surface area contributed by atoms with Crippen molar-refractivity contribution >= 4 is 12.9 Å². The Morgan fingerprint density at radius 1 is 1.50 bits per heavy atom. The van der Waals surface area contributed by atoms with E-state index in [-0.39, 0.29) is 7.48 Å². The van der Waals surface area contributed by atoms with Crippen LogP contribution in [0, 0.1) is 13.8 Å². The molecule has 0 aromatic carbocycles. The minimum atomic E-state index is 0.0888. The molecule has 1 rings (SSSR count). The third kappa shape index (κ3) is 0.947. The van der Waals surface area contributed by atoms with Gasteiger partial charge in [-0.15, -0.1) is 0 Å². The van der Waals surface area contributed by atoms with Gasteiger partial charge in [-0.3, -0.25) is 4.68 Å². The van der Waals surface area contributed by atoms with E-state index in [1.165, 1.54) is 0 Å². The van der Waals surface area contributed by atoms with Crippen LogP contribution in [0.5, 0.6) is 0 Å². The molecule has 0 saturated heterocycles. The summed E-state index contributed by atoms with van der Waals surface area (Å²) in [4.78, 5) is 0. The molecule has 1 N–H and O–H groups in total. The molecule has 4 heteroatoms. The molecule has 0 unspecified atom stereocenters. The van der Waals surface area contributed by atoms with Gasteiger partial charge in [0.2, 0.25) is 0 Å². The third-order valence-corrected chi connectivity index (χ3v) is 1.82. The maximum absolute atomic E-state index is 8.86. The van der Waals surface area contributed by atoms with Crippen LogP contribution in [0.1, 0.15) is 11.4 Å². The van der Waals surface area contributed by atoms with Crippen LogP contribution in [0.25, 0.3) is 0 Å². The molecule has 0 atom stereocenters. The van der Waals surface area contributed by atoms with Crippen LogP contribution in [-0.4, -0.2) is 22.3 Å². The van der Waals surface area contributed by atoms with Crippen LogP contribution in [0.3, 0.4) is 0 Å². The fourth-order valence-electron chi connectivity index (χ4n) is 1.05. The normalized spacial score (nSPS) is 10.0. The van der Waals surface area contributed by atoms with Gasteiger partial charge in [-0.25, -0.2) is 0 Å². The van der Waals surface area contributed by atoms with E-state index in [0.717, 1.165) is 16.9 Å². The van der Waals surface area contributed by atoms with Gasteiger partial charge in [0, 0.05) is 12.7 Å². The lowest BCUT2D eigenvalue weighted by atomic mass is 9.87. The van der Waals surface area contributed by atoms with Crippen LogP contribution in [0.4, 0.5) is 0 Å². The lowest BCUT2D eigenvalue weighted by Gasteiger charge is -1.93. The molecule has 0 bridgehead atoms. The summed E-state index contributed by atoms with van der Waals surface area (Å²) in [5.41, 5.74) is 2.91. The van der Waals surface area contributed by atoms with E-state index in [4.69, 9.17) is 5.02 Å². The van der Waals surface area contributed by atoms with Crippen LogP contribution in [-0.2, 0) is 7.05 Å². The zero-order valence-corrected chi connectivity index (χ0v) is 6.55. The second kappa shape index (κ2) is 2.46. The zero-order valence-electron chi connectivity index (χ0n) is 6.55. The molecule has 1 heterocycles. The minimum absolute atomic E-state index is 0.0888. The van der Waals surface area contributed by atoms with E-state index in [1.54, 1.807) is 4.68 Å². The maximum atomic E-state index is 8.86. The van der Waals surface area contributed by atoms with Gasteiger partial charge in [-0.1, -0.05) is 0 Å². The highest BCUT2D eigenvalue weighted by molar-refractivity contribution is 6.46. The van der Waals surface area contributed by atoms with E-state index in [1.807, 2.05) is 20.9 Å². The lowest BCUT2D eigenvalue weighted by Crippen LogP contribution is -2.18. The van der Waals surface area contributed by atoms with E-state index in [2.05, 4.69) is 5.10 Å². The Labute approximate surface area is 60.9 Å². The van der Waals surface area contributed by atoms with Gasteiger partial charge < -0.3 is 5.02 Å². The SMILES string of the molecule is Cc1nn(C)c(C)c1BO. The minimum Gasteiger partial charge on any atom is -0.449 e. The molecular formula is C6H11BN2O. The highest BCUT2D eigenvalue weighted by atomic mass is 16.2. The van der Waals surface area contributed by atoms with Gasteiger partial charge in [0.05, 0.1) is 5.69 Å². The zero-order chi connectivity index (χ0) is 7.72. The number of rotatable bonds is 1. The first-order valence-electron chi connectivity index (χ1n) is 3.26. The largest absolute Gasteiger partial charge is 0.449 e. The maximum Gasteiger partial charge on any atom is 0.308 e. The predicted octanol–water partition coefficient (Wildman–Crippen LogP) is -0.994. The first kappa shape index (κ1) is 7.34. The summed E-state index contributed by atoms with van der Waals surface area (Å²) < 4.78 is 1.78. The monoisotopic (exact) mass is 138 g/mol. The molecule has 0 aliphatic heterocycles. The molecule has 0 saturated carbocycles. The number of nitrogens with zero attached hydrogens (tertiary/aromatic N) is 2. The molecule has 0 amide bonds. The summed E-state index contributed by atoms with van der Waals surface area (Å²) in [5.74, 6) is 0. The Kier molecular flexibility index (Phi) is 1.81. The second-order valence-electron chi connectivity index (χ2n) is 2.43. The summed E-state index contributed by atoms with van der Waals surface area (Å²) in [6, 6.07) is 0. The van der Waals surface area contributed by atoms with Gasteiger partial charge in [0.1, 0.15) is 0 Å². The molecule has 54 valence electrons. The average Bonchev–Trinajstić information content (AvgIpc) is 2.09. The number of aromatic nitrogens is 2. The summed E-state index contributed by atoms with van der Waals surface area (Å²) in [7, 11) is 1.97. The Morgan fingerprint density at radius 3 is 2.30 bits per heavy atom. The van der Waals surface area contributed by atoms with Crippen LogP contribution < -0.4 is 5.46 Å². The third-order valence-electron chi connectivity index (χ3n) is 1.82. The van der Waals surface area contributed by atoms with Crippen molar-refractivity contribution in [2.45, 2.75) is 13.8 Å². The molecule has 3 nitrogen and oxygen atoms in total. The molecule has 0 aliphatic carbocycles. The van der Waals surface area contributed by atoms with Crippen molar-refractivity contribution in [3.05, 3.63) is 11.4 Å².